The molecule has 5 rings (SSSR count). The summed E-state index contributed by atoms with van der Waals surface area (Å²) in [5, 5.41) is 1.09. The zero-order valence-corrected chi connectivity index (χ0v) is 15.6. The van der Waals surface area contributed by atoms with Gasteiger partial charge in [-0.25, -0.2) is 4.79 Å². The molecule has 2 heterocycles. The van der Waals surface area contributed by atoms with E-state index in [4.69, 9.17) is 9.15 Å². The summed E-state index contributed by atoms with van der Waals surface area (Å²) >= 11 is 0. The van der Waals surface area contributed by atoms with Gasteiger partial charge in [0, 0.05) is 31.1 Å². The fourth-order valence-corrected chi connectivity index (χ4v) is 4.52. The number of hydrogen-bond acceptors (Lipinski definition) is 4. The molecule has 0 radical (unpaired) electrons. The number of fused-ring (bicyclic) bond motifs is 3. The zero-order chi connectivity index (χ0) is 18.4. The lowest BCUT2D eigenvalue weighted by Crippen LogP contribution is -2.30. The maximum atomic E-state index is 12.1. The maximum Gasteiger partial charge on any atom is 0.336 e. The molecule has 4 heteroatoms. The third kappa shape index (κ3) is 3.04. The van der Waals surface area contributed by atoms with Crippen LogP contribution in [-0.4, -0.2) is 18.6 Å². The number of aryl methyl sites for hydroxylation is 2. The van der Waals surface area contributed by atoms with Gasteiger partial charge in [-0.1, -0.05) is 6.07 Å². The van der Waals surface area contributed by atoms with Gasteiger partial charge in [0.05, 0.1) is 7.11 Å². The van der Waals surface area contributed by atoms with E-state index in [1.807, 2.05) is 6.07 Å². The molecular formula is C23H23NO3. The van der Waals surface area contributed by atoms with Crippen molar-refractivity contribution >= 4 is 11.0 Å². The topological polar surface area (TPSA) is 42.7 Å². The highest BCUT2D eigenvalue weighted by molar-refractivity contribution is 5.82. The molecule has 3 aromatic rings. The Morgan fingerprint density at radius 1 is 1.00 bits per heavy atom. The molecule has 1 aromatic heterocycles. The van der Waals surface area contributed by atoms with Gasteiger partial charge in [0.15, 0.2) is 0 Å². The SMILES string of the molecule is COc1ccc2c(c1)CN(Cc1cc(=O)oc3cc4c(cc13)CCC4)CC2. The van der Waals surface area contributed by atoms with Gasteiger partial charge in [0.25, 0.3) is 0 Å². The van der Waals surface area contributed by atoms with E-state index in [-0.39, 0.29) is 5.63 Å². The van der Waals surface area contributed by atoms with E-state index < -0.39 is 0 Å². The van der Waals surface area contributed by atoms with Gasteiger partial charge < -0.3 is 9.15 Å². The molecule has 0 spiro atoms. The highest BCUT2D eigenvalue weighted by Crippen LogP contribution is 2.30. The van der Waals surface area contributed by atoms with Crippen molar-refractivity contribution in [1.82, 2.24) is 4.90 Å². The summed E-state index contributed by atoms with van der Waals surface area (Å²) in [5.74, 6) is 0.900. The van der Waals surface area contributed by atoms with E-state index in [2.05, 4.69) is 29.2 Å². The summed E-state index contributed by atoms with van der Waals surface area (Å²) in [6.45, 7) is 2.63. The van der Waals surface area contributed by atoms with Gasteiger partial charge in [-0.15, -0.1) is 0 Å². The standard InChI is InChI=1S/C23H23NO3/c1-26-20-6-5-15-7-8-24(13-18(15)9-20)14-19-12-23(25)27-22-11-17-4-2-3-16(17)10-21(19)22/h5-6,9-12H,2-4,7-8,13-14H2,1H3. The smallest absolute Gasteiger partial charge is 0.336 e. The summed E-state index contributed by atoms with van der Waals surface area (Å²) in [7, 11) is 1.70. The van der Waals surface area contributed by atoms with Crippen LogP contribution in [0, 0.1) is 0 Å². The second-order valence-electron chi connectivity index (χ2n) is 7.66. The van der Waals surface area contributed by atoms with Crippen LogP contribution >= 0.6 is 0 Å². The first kappa shape index (κ1) is 16.6. The lowest BCUT2D eigenvalue weighted by atomic mass is 9.98. The van der Waals surface area contributed by atoms with Crippen LogP contribution in [0.25, 0.3) is 11.0 Å². The summed E-state index contributed by atoms with van der Waals surface area (Å²) in [6, 6.07) is 12.3. The molecule has 0 bridgehead atoms. The van der Waals surface area contributed by atoms with Crippen LogP contribution in [0.1, 0.15) is 34.2 Å². The van der Waals surface area contributed by atoms with Crippen molar-refractivity contribution in [3.8, 4) is 5.75 Å². The third-order valence-electron chi connectivity index (χ3n) is 5.94. The van der Waals surface area contributed by atoms with Crippen molar-refractivity contribution in [3.05, 3.63) is 74.6 Å². The second-order valence-corrected chi connectivity index (χ2v) is 7.66. The van der Waals surface area contributed by atoms with E-state index in [1.165, 1.54) is 28.7 Å². The molecule has 4 nitrogen and oxygen atoms in total. The van der Waals surface area contributed by atoms with Crippen LogP contribution in [0.2, 0.25) is 0 Å². The Kier molecular flexibility index (Phi) is 4.01. The molecule has 27 heavy (non-hydrogen) atoms. The Morgan fingerprint density at radius 2 is 1.85 bits per heavy atom. The monoisotopic (exact) mass is 361 g/mol. The van der Waals surface area contributed by atoms with Crippen molar-refractivity contribution in [2.24, 2.45) is 0 Å². The van der Waals surface area contributed by atoms with Crippen LogP contribution in [0.5, 0.6) is 5.75 Å². The van der Waals surface area contributed by atoms with Crippen molar-refractivity contribution < 1.29 is 9.15 Å². The lowest BCUT2D eigenvalue weighted by molar-refractivity contribution is 0.245. The van der Waals surface area contributed by atoms with Crippen molar-refractivity contribution in [3.63, 3.8) is 0 Å². The molecule has 2 aromatic carbocycles. The highest BCUT2D eigenvalue weighted by atomic mass is 16.5. The van der Waals surface area contributed by atoms with Gasteiger partial charge in [0.1, 0.15) is 11.3 Å². The molecule has 0 atom stereocenters. The summed E-state index contributed by atoms with van der Waals surface area (Å²) in [4.78, 5) is 14.5. The summed E-state index contributed by atoms with van der Waals surface area (Å²) in [6.07, 6.45) is 4.43. The Bertz CT molecular complexity index is 1080. The van der Waals surface area contributed by atoms with Crippen LogP contribution in [0.15, 0.2) is 45.6 Å². The third-order valence-corrected chi connectivity index (χ3v) is 5.94. The van der Waals surface area contributed by atoms with Gasteiger partial charge in [-0.05, 0) is 77.8 Å². The first-order valence-corrected chi connectivity index (χ1v) is 9.66. The van der Waals surface area contributed by atoms with Crippen molar-refractivity contribution in [1.29, 1.82) is 0 Å². The first-order valence-electron chi connectivity index (χ1n) is 9.66. The number of rotatable bonds is 3. The molecule has 138 valence electrons. The molecule has 0 unspecified atom stereocenters. The Morgan fingerprint density at radius 3 is 2.70 bits per heavy atom. The van der Waals surface area contributed by atoms with E-state index in [0.29, 0.717) is 0 Å². The van der Waals surface area contributed by atoms with Gasteiger partial charge in [-0.3, -0.25) is 4.90 Å². The van der Waals surface area contributed by atoms with Crippen LogP contribution < -0.4 is 10.4 Å². The van der Waals surface area contributed by atoms with E-state index >= 15 is 0 Å². The maximum absolute atomic E-state index is 12.1. The Hall–Kier alpha value is -2.59. The van der Waals surface area contributed by atoms with Crippen LogP contribution in [-0.2, 0) is 32.4 Å². The van der Waals surface area contributed by atoms with Gasteiger partial charge in [0.2, 0.25) is 0 Å². The Balaban J connectivity index is 1.48. The fourth-order valence-electron chi connectivity index (χ4n) is 4.52. The average molecular weight is 361 g/mol. The van der Waals surface area contributed by atoms with Crippen LogP contribution in [0.3, 0.4) is 0 Å². The largest absolute Gasteiger partial charge is 0.497 e. The number of methoxy groups -OCH3 is 1. The average Bonchev–Trinajstić information content (AvgIpc) is 3.13. The Labute approximate surface area is 158 Å². The zero-order valence-electron chi connectivity index (χ0n) is 15.6. The second kappa shape index (κ2) is 6.54. The van der Waals surface area contributed by atoms with E-state index in [1.54, 1.807) is 13.2 Å². The molecule has 1 aliphatic heterocycles. The van der Waals surface area contributed by atoms with E-state index in [9.17, 15) is 4.79 Å². The first-order chi connectivity index (χ1) is 13.2. The summed E-state index contributed by atoms with van der Waals surface area (Å²) < 4.78 is 10.9. The lowest BCUT2D eigenvalue weighted by Gasteiger charge is -2.29. The molecule has 0 N–H and O–H groups in total. The highest BCUT2D eigenvalue weighted by Gasteiger charge is 2.20. The molecule has 0 amide bonds. The van der Waals surface area contributed by atoms with Gasteiger partial charge >= 0.3 is 5.63 Å². The minimum absolute atomic E-state index is 0.255. The normalized spacial score (nSPS) is 16.3. The van der Waals surface area contributed by atoms with Crippen molar-refractivity contribution in [2.45, 2.75) is 38.8 Å². The predicted octanol–water partition coefficient (Wildman–Crippen LogP) is 3.85. The quantitative estimate of drug-likeness (QED) is 0.665. The number of nitrogens with zero attached hydrogens (tertiary/aromatic N) is 1. The fraction of sp³-hybridized carbons (Fsp3) is 0.348. The van der Waals surface area contributed by atoms with Crippen molar-refractivity contribution in [2.75, 3.05) is 13.7 Å². The molecule has 1 aliphatic carbocycles. The van der Waals surface area contributed by atoms with Crippen LogP contribution in [0.4, 0.5) is 0 Å². The molecule has 0 fully saturated rings. The molecular weight excluding hydrogens is 338 g/mol. The molecule has 0 saturated heterocycles. The number of ether oxygens (including phenoxy) is 1. The van der Waals surface area contributed by atoms with Gasteiger partial charge in [-0.2, -0.15) is 0 Å². The number of benzene rings is 2. The number of hydrogen-bond donors (Lipinski definition) is 0. The van der Waals surface area contributed by atoms with E-state index in [0.717, 1.165) is 61.2 Å². The molecule has 0 saturated carbocycles. The molecule has 2 aliphatic rings. The minimum atomic E-state index is -0.255. The summed E-state index contributed by atoms with van der Waals surface area (Å²) in [5.41, 5.74) is 7.00. The minimum Gasteiger partial charge on any atom is -0.497 e. The predicted molar refractivity (Wildman–Crippen MR) is 105 cm³/mol.